The molecule has 2 heterocycles. The minimum absolute atomic E-state index is 0.250. The quantitative estimate of drug-likeness (QED) is 0.586. The van der Waals surface area contributed by atoms with Crippen molar-refractivity contribution in [1.82, 2.24) is 19.6 Å². The molecule has 2 rings (SSSR count). The van der Waals surface area contributed by atoms with E-state index in [9.17, 15) is 4.79 Å². The smallest absolute Gasteiger partial charge is 0.302 e. The Morgan fingerprint density at radius 1 is 1.21 bits per heavy atom. The third-order valence-corrected chi connectivity index (χ3v) is 3.10. The van der Waals surface area contributed by atoms with Crippen molar-refractivity contribution in [3.8, 4) is 0 Å². The van der Waals surface area contributed by atoms with Gasteiger partial charge in [0.05, 0.1) is 6.61 Å². The molecule has 0 aromatic carbocycles. The van der Waals surface area contributed by atoms with Crippen LogP contribution in [0.5, 0.6) is 0 Å². The molecule has 0 amide bonds. The van der Waals surface area contributed by atoms with Gasteiger partial charge in [0.15, 0.2) is 5.66 Å². The fourth-order valence-corrected chi connectivity index (χ4v) is 2.06. The third-order valence-electron chi connectivity index (χ3n) is 3.10. The fourth-order valence-electron chi connectivity index (χ4n) is 2.06. The molecule has 19 heavy (non-hydrogen) atoms. The lowest BCUT2D eigenvalue weighted by molar-refractivity contribution is -0.141. The highest BCUT2D eigenvalue weighted by Crippen LogP contribution is 2.23. The summed E-state index contributed by atoms with van der Waals surface area (Å²) in [6, 6.07) is 3.77. The van der Waals surface area contributed by atoms with Crippen LogP contribution in [0.25, 0.3) is 0 Å². The molecule has 0 saturated heterocycles. The van der Waals surface area contributed by atoms with E-state index >= 15 is 0 Å². The summed E-state index contributed by atoms with van der Waals surface area (Å²) in [4.78, 5) is 10.8. The first kappa shape index (κ1) is 13.3. The van der Waals surface area contributed by atoms with Crippen molar-refractivity contribution in [1.29, 1.82) is 0 Å². The van der Waals surface area contributed by atoms with E-state index in [-0.39, 0.29) is 5.97 Å². The van der Waals surface area contributed by atoms with E-state index in [1.807, 2.05) is 33.9 Å². The van der Waals surface area contributed by atoms with Gasteiger partial charge >= 0.3 is 5.97 Å². The molecule has 0 fully saturated rings. The minimum Gasteiger partial charge on any atom is -0.466 e. The van der Waals surface area contributed by atoms with Crippen LogP contribution in [0.1, 0.15) is 26.7 Å². The van der Waals surface area contributed by atoms with Gasteiger partial charge in [-0.15, -0.1) is 0 Å². The lowest BCUT2D eigenvalue weighted by Crippen LogP contribution is -2.39. The zero-order valence-corrected chi connectivity index (χ0v) is 11.2. The summed E-state index contributed by atoms with van der Waals surface area (Å²) in [6.07, 6.45) is 8.82. The molecule has 6 heteroatoms. The Hall–Kier alpha value is -2.11. The zero-order valence-electron chi connectivity index (χ0n) is 11.2. The molecule has 2 aromatic rings. The first-order valence-corrected chi connectivity index (χ1v) is 6.26. The summed E-state index contributed by atoms with van der Waals surface area (Å²) in [5.74, 6) is -0.250. The SMILES string of the molecule is CC(=O)OCCCC(C)(n1cccn1)n1cccn1. The molecule has 0 aliphatic heterocycles. The van der Waals surface area contributed by atoms with Gasteiger partial charge < -0.3 is 4.74 Å². The fraction of sp³-hybridized carbons (Fsp3) is 0.462. The molecular formula is C13H18N4O2. The van der Waals surface area contributed by atoms with Gasteiger partial charge in [-0.25, -0.2) is 9.36 Å². The lowest BCUT2D eigenvalue weighted by Gasteiger charge is -2.30. The zero-order chi connectivity index (χ0) is 13.7. The standard InChI is InChI=1S/C13H18N4O2/c1-12(18)19-11-3-6-13(2,16-9-4-7-14-16)17-10-5-8-15-17/h4-5,7-10H,3,6,11H2,1-2H3. The van der Waals surface area contributed by atoms with Crippen LogP contribution < -0.4 is 0 Å². The molecule has 2 aromatic heterocycles. The average molecular weight is 262 g/mol. The van der Waals surface area contributed by atoms with E-state index in [0.29, 0.717) is 6.61 Å². The topological polar surface area (TPSA) is 61.9 Å². The van der Waals surface area contributed by atoms with E-state index in [0.717, 1.165) is 12.8 Å². The number of hydrogen-bond acceptors (Lipinski definition) is 4. The molecule has 102 valence electrons. The maximum Gasteiger partial charge on any atom is 0.302 e. The van der Waals surface area contributed by atoms with E-state index in [4.69, 9.17) is 4.74 Å². The van der Waals surface area contributed by atoms with E-state index < -0.39 is 5.66 Å². The molecule has 0 atom stereocenters. The van der Waals surface area contributed by atoms with Gasteiger partial charge in [0, 0.05) is 31.7 Å². The van der Waals surface area contributed by atoms with Crippen LogP contribution in [-0.2, 0) is 15.2 Å². The highest BCUT2D eigenvalue weighted by atomic mass is 16.5. The first-order valence-electron chi connectivity index (χ1n) is 6.26. The van der Waals surface area contributed by atoms with Gasteiger partial charge in [-0.2, -0.15) is 10.2 Å². The number of nitrogens with zero attached hydrogens (tertiary/aromatic N) is 4. The second-order valence-electron chi connectivity index (χ2n) is 4.56. The maximum absolute atomic E-state index is 10.8. The van der Waals surface area contributed by atoms with Crippen molar-refractivity contribution >= 4 is 5.97 Å². The largest absolute Gasteiger partial charge is 0.466 e. The van der Waals surface area contributed by atoms with Gasteiger partial charge in [-0.1, -0.05) is 0 Å². The summed E-state index contributed by atoms with van der Waals surface area (Å²) < 4.78 is 8.71. The monoisotopic (exact) mass is 262 g/mol. The number of ether oxygens (including phenoxy) is 1. The number of carbonyl (C=O) groups is 1. The van der Waals surface area contributed by atoms with Crippen LogP contribution in [0.3, 0.4) is 0 Å². The highest BCUT2D eigenvalue weighted by Gasteiger charge is 2.29. The van der Waals surface area contributed by atoms with E-state index in [1.165, 1.54) is 6.92 Å². The van der Waals surface area contributed by atoms with Gasteiger partial charge in [-0.3, -0.25) is 4.79 Å². The van der Waals surface area contributed by atoms with E-state index in [1.54, 1.807) is 12.4 Å². The summed E-state index contributed by atoms with van der Waals surface area (Å²) in [6.45, 7) is 3.88. The maximum atomic E-state index is 10.8. The predicted molar refractivity (Wildman–Crippen MR) is 69.4 cm³/mol. The van der Waals surface area contributed by atoms with Crippen LogP contribution >= 0.6 is 0 Å². The van der Waals surface area contributed by atoms with Crippen molar-refractivity contribution in [3.63, 3.8) is 0 Å². The van der Waals surface area contributed by atoms with Crippen molar-refractivity contribution in [2.24, 2.45) is 0 Å². The predicted octanol–water partition coefficient (Wildman–Crippen LogP) is 1.64. The van der Waals surface area contributed by atoms with Gasteiger partial charge in [0.25, 0.3) is 0 Å². The number of esters is 1. The lowest BCUT2D eigenvalue weighted by atomic mass is 10.1. The van der Waals surface area contributed by atoms with Crippen LogP contribution in [0.2, 0.25) is 0 Å². The van der Waals surface area contributed by atoms with Crippen molar-refractivity contribution in [3.05, 3.63) is 36.9 Å². The van der Waals surface area contributed by atoms with Crippen molar-refractivity contribution in [2.45, 2.75) is 32.4 Å². The van der Waals surface area contributed by atoms with Crippen LogP contribution in [-0.4, -0.2) is 32.1 Å². The Labute approximate surface area is 112 Å². The normalized spacial score (nSPS) is 11.5. The third kappa shape index (κ3) is 3.01. The van der Waals surface area contributed by atoms with Gasteiger partial charge in [0.2, 0.25) is 0 Å². The second kappa shape index (κ2) is 5.69. The Kier molecular flexibility index (Phi) is 3.99. The van der Waals surface area contributed by atoms with E-state index in [2.05, 4.69) is 17.1 Å². The molecule has 0 radical (unpaired) electrons. The van der Waals surface area contributed by atoms with Crippen LogP contribution in [0.4, 0.5) is 0 Å². The molecule has 0 spiro atoms. The van der Waals surface area contributed by atoms with Crippen LogP contribution in [0, 0.1) is 0 Å². The molecular weight excluding hydrogens is 244 g/mol. The Morgan fingerprint density at radius 3 is 2.21 bits per heavy atom. The Morgan fingerprint density at radius 2 is 1.79 bits per heavy atom. The Balaban J connectivity index is 2.10. The number of hydrogen-bond donors (Lipinski definition) is 0. The summed E-state index contributed by atoms with van der Waals surface area (Å²) in [5.41, 5.74) is -0.396. The Bertz CT molecular complexity index is 471. The molecule has 0 bridgehead atoms. The number of aromatic nitrogens is 4. The molecule has 0 saturated carbocycles. The highest BCUT2D eigenvalue weighted by molar-refractivity contribution is 5.65. The molecule has 0 aliphatic rings. The van der Waals surface area contributed by atoms with Crippen molar-refractivity contribution in [2.75, 3.05) is 6.61 Å². The summed E-state index contributed by atoms with van der Waals surface area (Å²) >= 11 is 0. The second-order valence-corrected chi connectivity index (χ2v) is 4.56. The first-order chi connectivity index (χ1) is 9.13. The molecule has 0 N–H and O–H groups in total. The van der Waals surface area contributed by atoms with Gasteiger partial charge in [0.1, 0.15) is 0 Å². The van der Waals surface area contributed by atoms with Crippen LogP contribution in [0.15, 0.2) is 36.9 Å². The number of rotatable bonds is 6. The minimum atomic E-state index is -0.396. The molecule has 0 unspecified atom stereocenters. The summed E-state index contributed by atoms with van der Waals surface area (Å²) in [5, 5.41) is 8.61. The summed E-state index contributed by atoms with van der Waals surface area (Å²) in [7, 11) is 0. The average Bonchev–Trinajstić information content (AvgIpc) is 3.05. The van der Waals surface area contributed by atoms with Crippen molar-refractivity contribution < 1.29 is 9.53 Å². The van der Waals surface area contributed by atoms with Gasteiger partial charge in [-0.05, 0) is 31.9 Å². The number of carbonyl (C=O) groups excluding carboxylic acids is 1. The molecule has 6 nitrogen and oxygen atoms in total. The molecule has 0 aliphatic carbocycles.